The van der Waals surface area contributed by atoms with Gasteiger partial charge in [-0.15, -0.1) is 0 Å². The number of hydrogen-bond donors (Lipinski definition) is 2. The number of methoxy groups -OCH3 is 1. The van der Waals surface area contributed by atoms with Crippen LogP contribution >= 0.6 is 0 Å². The first-order valence-corrected chi connectivity index (χ1v) is 12.3. The van der Waals surface area contributed by atoms with Crippen molar-refractivity contribution in [3.05, 3.63) is 63.2 Å². The molecule has 198 valence electrons. The second-order valence-corrected chi connectivity index (χ2v) is 9.72. The fourth-order valence-electron chi connectivity index (χ4n) is 5.10. The third-order valence-electron chi connectivity index (χ3n) is 7.05. The third kappa shape index (κ3) is 5.38. The Morgan fingerprint density at radius 1 is 1.19 bits per heavy atom. The number of likely N-dealkylation sites (tertiary alicyclic amines) is 1. The number of carbonyl (C=O) groups is 2. The maximum absolute atomic E-state index is 13.4. The van der Waals surface area contributed by atoms with Crippen molar-refractivity contribution in [2.45, 2.75) is 52.6 Å². The van der Waals surface area contributed by atoms with Crippen LogP contribution in [0.5, 0.6) is 5.75 Å². The van der Waals surface area contributed by atoms with Gasteiger partial charge in [-0.3, -0.25) is 14.4 Å². The summed E-state index contributed by atoms with van der Waals surface area (Å²) in [6.07, 6.45) is 1.20. The number of benzene rings is 1. The molecule has 0 saturated carbocycles. The summed E-state index contributed by atoms with van der Waals surface area (Å²) < 4.78 is 34.3. The van der Waals surface area contributed by atoms with Gasteiger partial charge in [0, 0.05) is 48.8 Å². The van der Waals surface area contributed by atoms with Crippen LogP contribution in [-0.4, -0.2) is 52.4 Å². The highest BCUT2D eigenvalue weighted by molar-refractivity contribution is 6.08. The van der Waals surface area contributed by atoms with Crippen molar-refractivity contribution in [3.63, 3.8) is 0 Å². The van der Waals surface area contributed by atoms with E-state index in [4.69, 9.17) is 4.74 Å². The number of fused-ring (bicyclic) bond motifs is 1. The Bertz CT molecular complexity index is 1380. The van der Waals surface area contributed by atoms with E-state index >= 15 is 0 Å². The fraction of sp³-hybridized carbons (Fsp3) is 0.444. The first-order valence-electron chi connectivity index (χ1n) is 12.3. The van der Waals surface area contributed by atoms with Crippen LogP contribution in [0.3, 0.4) is 0 Å². The zero-order chi connectivity index (χ0) is 26.9. The largest absolute Gasteiger partial charge is 0.496 e. The number of ether oxygens (including phenoxy) is 1. The summed E-state index contributed by atoms with van der Waals surface area (Å²) in [5, 5.41) is 3.66. The summed E-state index contributed by atoms with van der Waals surface area (Å²) in [7, 11) is 1.48. The van der Waals surface area contributed by atoms with Crippen LogP contribution in [0.25, 0.3) is 10.9 Å². The summed E-state index contributed by atoms with van der Waals surface area (Å²) in [5.74, 6) is -4.21. The van der Waals surface area contributed by atoms with E-state index in [0.717, 1.165) is 16.6 Å². The van der Waals surface area contributed by atoms with Gasteiger partial charge in [0.25, 0.3) is 17.4 Å². The van der Waals surface area contributed by atoms with Crippen LogP contribution in [0, 0.1) is 19.8 Å². The van der Waals surface area contributed by atoms with Crippen molar-refractivity contribution in [3.8, 4) is 5.75 Å². The second kappa shape index (κ2) is 10.4. The van der Waals surface area contributed by atoms with Crippen LogP contribution in [0.1, 0.15) is 47.1 Å². The molecule has 1 fully saturated rings. The SMILES string of the molecule is COc1cc(C)[nH]c(=O)c1CNC(=O)c1c(C)n(CC2CCN(C(=O)C(C)(F)F)CC2)c2ccccc12. The summed E-state index contributed by atoms with van der Waals surface area (Å²) in [6.45, 7) is 5.45. The molecule has 1 aliphatic rings. The Morgan fingerprint density at radius 2 is 1.86 bits per heavy atom. The molecule has 0 radical (unpaired) electrons. The van der Waals surface area contributed by atoms with E-state index in [1.165, 1.54) is 12.0 Å². The lowest BCUT2D eigenvalue weighted by atomic mass is 9.96. The number of aryl methyl sites for hydroxylation is 1. The van der Waals surface area contributed by atoms with Gasteiger partial charge in [-0.1, -0.05) is 18.2 Å². The lowest BCUT2D eigenvalue weighted by molar-refractivity contribution is -0.156. The normalized spacial score (nSPS) is 14.7. The highest BCUT2D eigenvalue weighted by atomic mass is 19.3. The predicted molar refractivity (Wildman–Crippen MR) is 136 cm³/mol. The molecule has 0 unspecified atom stereocenters. The number of nitrogens with one attached hydrogen (secondary N) is 2. The van der Waals surface area contributed by atoms with E-state index in [9.17, 15) is 23.2 Å². The van der Waals surface area contributed by atoms with Gasteiger partial charge in [-0.05, 0) is 44.7 Å². The minimum atomic E-state index is -3.37. The third-order valence-corrected chi connectivity index (χ3v) is 7.05. The van der Waals surface area contributed by atoms with Gasteiger partial charge in [0.1, 0.15) is 5.75 Å². The van der Waals surface area contributed by atoms with Crippen molar-refractivity contribution in [2.75, 3.05) is 20.2 Å². The zero-order valence-corrected chi connectivity index (χ0v) is 21.5. The number of nitrogens with zero attached hydrogens (tertiary/aromatic N) is 2. The second-order valence-electron chi connectivity index (χ2n) is 9.72. The number of alkyl halides is 2. The monoisotopic (exact) mass is 514 g/mol. The van der Waals surface area contributed by atoms with Gasteiger partial charge < -0.3 is 24.5 Å². The lowest BCUT2D eigenvalue weighted by Gasteiger charge is -2.33. The van der Waals surface area contributed by atoms with Crippen LogP contribution < -0.4 is 15.6 Å². The van der Waals surface area contributed by atoms with Crippen LogP contribution in [0.2, 0.25) is 0 Å². The molecule has 3 aromatic rings. The molecular formula is C27H32F2N4O4. The number of aromatic nitrogens is 2. The number of amides is 2. The average Bonchev–Trinajstić information content (AvgIpc) is 3.13. The van der Waals surface area contributed by atoms with Gasteiger partial charge in [0.2, 0.25) is 0 Å². The number of H-pyrrole nitrogens is 1. The number of piperidine rings is 1. The Hall–Kier alpha value is -3.69. The Kier molecular flexibility index (Phi) is 7.38. The van der Waals surface area contributed by atoms with Crippen LogP contribution in [0.4, 0.5) is 8.78 Å². The molecule has 0 aliphatic carbocycles. The number of rotatable bonds is 7. The maximum atomic E-state index is 13.4. The lowest BCUT2D eigenvalue weighted by Crippen LogP contribution is -2.46. The van der Waals surface area contributed by atoms with Crippen molar-refractivity contribution >= 4 is 22.7 Å². The minimum Gasteiger partial charge on any atom is -0.496 e. The van der Waals surface area contributed by atoms with Gasteiger partial charge in [0.05, 0.1) is 24.8 Å². The molecule has 8 nitrogen and oxygen atoms in total. The summed E-state index contributed by atoms with van der Waals surface area (Å²) in [5.41, 5.74) is 2.88. The molecule has 2 amide bonds. The molecule has 1 saturated heterocycles. The molecule has 4 rings (SSSR count). The van der Waals surface area contributed by atoms with E-state index in [-0.39, 0.29) is 37.0 Å². The average molecular weight is 515 g/mol. The molecular weight excluding hydrogens is 482 g/mol. The summed E-state index contributed by atoms with van der Waals surface area (Å²) in [6, 6.07) is 9.31. The Balaban J connectivity index is 1.54. The first kappa shape index (κ1) is 26.4. The van der Waals surface area contributed by atoms with E-state index in [2.05, 4.69) is 14.9 Å². The Morgan fingerprint density at radius 3 is 2.51 bits per heavy atom. The maximum Gasteiger partial charge on any atom is 0.322 e. The van der Waals surface area contributed by atoms with Crippen molar-refractivity contribution in [1.82, 2.24) is 19.8 Å². The Labute approximate surface area is 213 Å². The van der Waals surface area contributed by atoms with Crippen molar-refractivity contribution in [2.24, 2.45) is 5.92 Å². The van der Waals surface area contributed by atoms with Crippen molar-refractivity contribution in [1.29, 1.82) is 0 Å². The highest BCUT2D eigenvalue weighted by Gasteiger charge is 2.38. The number of pyridine rings is 1. The van der Waals surface area contributed by atoms with Crippen LogP contribution in [0.15, 0.2) is 35.1 Å². The van der Waals surface area contributed by atoms with Crippen molar-refractivity contribution < 1.29 is 23.1 Å². The number of carbonyl (C=O) groups excluding carboxylic acids is 2. The first-order chi connectivity index (χ1) is 17.5. The van der Waals surface area contributed by atoms with E-state index in [1.807, 2.05) is 31.2 Å². The fourth-order valence-corrected chi connectivity index (χ4v) is 5.10. The number of halogens is 2. The molecule has 0 atom stereocenters. The van der Waals surface area contributed by atoms with Crippen LogP contribution in [-0.2, 0) is 17.9 Å². The van der Waals surface area contributed by atoms with E-state index < -0.39 is 11.8 Å². The standard InChI is InChI=1S/C27H32F2N4O4/c1-16-13-22(37-4)20(24(34)31-16)14-30-25(35)23-17(2)33(21-8-6-5-7-19(21)23)15-18-9-11-32(12-10-18)26(36)27(3,28)29/h5-8,13,18H,9-12,14-15H2,1-4H3,(H,30,35)(H,31,34). The summed E-state index contributed by atoms with van der Waals surface area (Å²) >= 11 is 0. The zero-order valence-electron chi connectivity index (χ0n) is 21.5. The molecule has 0 bridgehead atoms. The molecule has 10 heteroatoms. The van der Waals surface area contributed by atoms with E-state index in [0.29, 0.717) is 48.9 Å². The number of hydrogen-bond acceptors (Lipinski definition) is 4. The molecule has 2 N–H and O–H groups in total. The molecule has 2 aromatic heterocycles. The predicted octanol–water partition coefficient (Wildman–Crippen LogP) is 3.78. The quantitative estimate of drug-likeness (QED) is 0.502. The van der Waals surface area contributed by atoms with Gasteiger partial charge in [0.15, 0.2) is 0 Å². The molecule has 1 aromatic carbocycles. The topological polar surface area (TPSA) is 96.4 Å². The van der Waals surface area contributed by atoms with Gasteiger partial charge in [-0.2, -0.15) is 8.78 Å². The summed E-state index contributed by atoms with van der Waals surface area (Å²) in [4.78, 5) is 41.7. The van der Waals surface area contributed by atoms with Gasteiger partial charge in [-0.25, -0.2) is 0 Å². The number of aromatic amines is 1. The number of para-hydroxylation sites is 1. The highest BCUT2D eigenvalue weighted by Crippen LogP contribution is 2.30. The van der Waals surface area contributed by atoms with E-state index in [1.54, 1.807) is 13.0 Å². The van der Waals surface area contributed by atoms with Gasteiger partial charge >= 0.3 is 5.92 Å². The molecule has 1 aliphatic heterocycles. The minimum absolute atomic E-state index is 0.00508. The smallest absolute Gasteiger partial charge is 0.322 e. The molecule has 0 spiro atoms. The molecule has 3 heterocycles. The molecule has 37 heavy (non-hydrogen) atoms.